The standard InChI is InChI=1S/C24H23N2O.C5H12N2.CH3.U/c1-5-7-10-20(17(3)6-2)21-11-8-9-12-22(21)24-18(4)26-14-13-19(16-27)15-23(26)25-24;1-7-4-2-6-3-5-7;;/h6-16H,1-4H3;6H,2-5H2,1H3;1H3;/q-1;;-1;+2/b17-6-,20-10+;;;. The van der Waals surface area contributed by atoms with Crippen LogP contribution in [0, 0.1) is 51.5 Å². The first kappa shape index (κ1) is 31.8. The van der Waals surface area contributed by atoms with E-state index in [0.29, 0.717) is 5.56 Å². The summed E-state index contributed by atoms with van der Waals surface area (Å²) in [5.74, 6) is 0. The minimum absolute atomic E-state index is 0. The van der Waals surface area contributed by atoms with Crippen LogP contribution in [0.4, 0.5) is 0 Å². The summed E-state index contributed by atoms with van der Waals surface area (Å²) in [6, 6.07) is 11.9. The molecule has 1 aliphatic heterocycles. The van der Waals surface area contributed by atoms with Gasteiger partial charge in [-0.3, -0.25) is 10.9 Å². The molecule has 0 saturated carbocycles. The number of rotatable bonds is 5. The Kier molecular flexibility index (Phi) is 13.9. The molecule has 0 spiro atoms. The number of pyridine rings is 1. The Balaban J connectivity index is 0.000000623. The summed E-state index contributed by atoms with van der Waals surface area (Å²) in [6.07, 6.45) is 12.0. The molecule has 3 aromatic rings. The summed E-state index contributed by atoms with van der Waals surface area (Å²) >= 11 is 0. The third-order valence-electron chi connectivity index (χ3n) is 6.11. The molecule has 0 aliphatic carbocycles. The molecule has 1 aliphatic rings. The number of likely N-dealkylation sites (N-methyl/N-ethyl adjacent to an activating group) is 1. The molecule has 3 heterocycles. The number of fused-ring (bicyclic) bond motifs is 1. The van der Waals surface area contributed by atoms with E-state index >= 15 is 0 Å². The summed E-state index contributed by atoms with van der Waals surface area (Å²) in [4.78, 5) is 18.3. The Bertz CT molecular complexity index is 1220. The van der Waals surface area contributed by atoms with Crippen molar-refractivity contribution in [1.82, 2.24) is 19.6 Å². The molecule has 2 aromatic heterocycles. The van der Waals surface area contributed by atoms with Crippen molar-refractivity contribution in [3.05, 3.63) is 96.7 Å². The second-order valence-electron chi connectivity index (χ2n) is 8.46. The van der Waals surface area contributed by atoms with E-state index in [2.05, 4.69) is 61.5 Å². The number of nitrogens with zero attached hydrogens (tertiary/aromatic N) is 3. The second-order valence-corrected chi connectivity index (χ2v) is 8.46. The number of carbonyl (C=O) groups is 1. The van der Waals surface area contributed by atoms with E-state index in [9.17, 15) is 4.79 Å². The zero-order valence-corrected chi connectivity index (χ0v) is 26.6. The summed E-state index contributed by atoms with van der Waals surface area (Å²) in [7, 11) is 2.15. The van der Waals surface area contributed by atoms with Gasteiger partial charge in [-0.1, -0.05) is 41.5 Å². The van der Waals surface area contributed by atoms with Crippen molar-refractivity contribution in [3.63, 3.8) is 0 Å². The van der Waals surface area contributed by atoms with Gasteiger partial charge in [0.1, 0.15) is 11.9 Å². The third kappa shape index (κ3) is 7.88. The van der Waals surface area contributed by atoms with Gasteiger partial charge in [-0.05, 0) is 45.5 Å². The van der Waals surface area contributed by atoms with Gasteiger partial charge in [0, 0.05) is 49.2 Å². The fraction of sp³-hybridized carbons (Fsp3) is 0.300. The van der Waals surface area contributed by atoms with Crippen LogP contribution in [0.1, 0.15) is 42.4 Å². The van der Waals surface area contributed by atoms with Crippen molar-refractivity contribution in [3.8, 4) is 11.3 Å². The molecule has 0 radical (unpaired) electrons. The topological polar surface area (TPSA) is 49.6 Å². The Morgan fingerprint density at radius 3 is 2.44 bits per heavy atom. The fourth-order valence-corrected chi connectivity index (χ4v) is 3.97. The minimum Gasteiger partial charge on any atom is -0.358 e. The van der Waals surface area contributed by atoms with Gasteiger partial charge in [0.05, 0.1) is 5.69 Å². The fourth-order valence-electron chi connectivity index (χ4n) is 3.97. The molecule has 1 fully saturated rings. The molecule has 4 rings (SSSR count). The van der Waals surface area contributed by atoms with Gasteiger partial charge in [-0.2, -0.15) is 0 Å². The quantitative estimate of drug-likeness (QED) is 0.206. The first-order valence-corrected chi connectivity index (χ1v) is 11.8. The number of hydrogen-bond donors (Lipinski definition) is 1. The smallest absolute Gasteiger partial charge is 0.358 e. The number of aryl methyl sites for hydroxylation is 1. The number of carbonyl (C=O) groups excluding carboxylic acids is 1. The molecule has 188 valence electrons. The first-order valence-electron chi connectivity index (χ1n) is 11.8. The molecule has 0 unspecified atom stereocenters. The maximum absolute atomic E-state index is 11.1. The summed E-state index contributed by atoms with van der Waals surface area (Å²) in [5.41, 5.74) is 7.91. The van der Waals surface area contributed by atoms with E-state index in [1.54, 1.807) is 0 Å². The molecule has 1 aromatic carbocycles. The van der Waals surface area contributed by atoms with E-state index in [1.807, 2.05) is 54.8 Å². The van der Waals surface area contributed by atoms with Crippen LogP contribution in [-0.2, 0) is 0 Å². The van der Waals surface area contributed by atoms with Crippen molar-refractivity contribution in [1.29, 1.82) is 0 Å². The van der Waals surface area contributed by atoms with Crippen molar-refractivity contribution < 1.29 is 35.9 Å². The normalized spacial score (nSPS) is 14.6. The summed E-state index contributed by atoms with van der Waals surface area (Å²) in [6.45, 7) is 12.8. The predicted molar refractivity (Wildman–Crippen MR) is 148 cm³/mol. The number of aldehydes is 1. The molecule has 6 heteroatoms. The van der Waals surface area contributed by atoms with Crippen LogP contribution in [-0.4, -0.2) is 53.8 Å². The number of hydrogen-bond acceptors (Lipinski definition) is 4. The van der Waals surface area contributed by atoms with Crippen molar-refractivity contribution in [2.75, 3.05) is 33.2 Å². The van der Waals surface area contributed by atoms with Gasteiger partial charge in [0.25, 0.3) is 0 Å². The maximum Gasteiger partial charge on any atom is 2.00 e. The summed E-state index contributed by atoms with van der Waals surface area (Å²) in [5, 5.41) is 3.27. The van der Waals surface area contributed by atoms with Crippen molar-refractivity contribution in [2.24, 2.45) is 0 Å². The minimum atomic E-state index is 0. The third-order valence-corrected chi connectivity index (χ3v) is 6.11. The monoisotopic (exact) mass is 708 g/mol. The van der Waals surface area contributed by atoms with E-state index < -0.39 is 0 Å². The largest absolute Gasteiger partial charge is 2.00 e. The van der Waals surface area contributed by atoms with Crippen LogP contribution in [0.25, 0.3) is 22.5 Å². The zero-order chi connectivity index (χ0) is 24.5. The number of piperazine rings is 1. The summed E-state index contributed by atoms with van der Waals surface area (Å²) < 4.78 is 2.02. The van der Waals surface area contributed by atoms with Crippen molar-refractivity contribution in [2.45, 2.75) is 27.7 Å². The Hall–Kier alpha value is -2.23. The van der Waals surface area contributed by atoms with E-state index in [-0.39, 0.29) is 38.5 Å². The molecule has 1 saturated heterocycles. The first-order chi connectivity index (χ1) is 16.5. The molecule has 5 nitrogen and oxygen atoms in total. The number of allylic oxidation sites excluding steroid dienone is 6. The maximum atomic E-state index is 11.1. The Labute approximate surface area is 240 Å². The SMILES string of the molecule is CN1CCNCC1.C[C-]=C/C=C(\C(C)=C/C)c1ccccc1-c1nc2cc(C=O)ccn2c1C.[CH3-].[U+2]. The van der Waals surface area contributed by atoms with Crippen LogP contribution < -0.4 is 5.32 Å². The molecule has 0 amide bonds. The van der Waals surface area contributed by atoms with Crippen LogP contribution in [0.2, 0.25) is 0 Å². The van der Waals surface area contributed by atoms with Crippen molar-refractivity contribution >= 4 is 17.5 Å². The van der Waals surface area contributed by atoms with Gasteiger partial charge in [-0.15, -0.1) is 6.92 Å². The molecular formula is C30H38N4OU. The number of aromatic nitrogens is 2. The second kappa shape index (κ2) is 15.8. The van der Waals surface area contributed by atoms with E-state index in [1.165, 1.54) is 18.7 Å². The number of nitrogens with one attached hydrogen (secondary N) is 1. The Morgan fingerprint density at radius 2 is 1.86 bits per heavy atom. The van der Waals surface area contributed by atoms with E-state index in [0.717, 1.165) is 53.1 Å². The average molecular weight is 709 g/mol. The van der Waals surface area contributed by atoms with Gasteiger partial charge in [0.15, 0.2) is 0 Å². The van der Waals surface area contributed by atoms with Crippen LogP contribution in [0.5, 0.6) is 0 Å². The molecule has 0 atom stereocenters. The molecule has 36 heavy (non-hydrogen) atoms. The Morgan fingerprint density at radius 1 is 1.17 bits per heavy atom. The zero-order valence-electron chi connectivity index (χ0n) is 22.4. The number of benzene rings is 1. The average Bonchev–Trinajstić information content (AvgIpc) is 3.20. The van der Waals surface area contributed by atoms with Gasteiger partial charge in [0.2, 0.25) is 0 Å². The van der Waals surface area contributed by atoms with Crippen LogP contribution >= 0.6 is 0 Å². The number of imidazole rings is 1. The predicted octanol–water partition coefficient (Wildman–Crippen LogP) is 5.82. The molecule has 0 bridgehead atoms. The molecular weight excluding hydrogens is 670 g/mol. The van der Waals surface area contributed by atoms with Gasteiger partial charge < -0.3 is 22.0 Å². The van der Waals surface area contributed by atoms with Crippen LogP contribution in [0.15, 0.2) is 66.4 Å². The molecule has 1 N–H and O–H groups in total. The van der Waals surface area contributed by atoms with Gasteiger partial charge >= 0.3 is 31.1 Å². The van der Waals surface area contributed by atoms with E-state index in [4.69, 9.17) is 4.98 Å². The van der Waals surface area contributed by atoms with Crippen LogP contribution in [0.3, 0.4) is 0 Å². The van der Waals surface area contributed by atoms with Gasteiger partial charge in [-0.25, -0.2) is 17.1 Å².